The van der Waals surface area contributed by atoms with Gasteiger partial charge in [0.05, 0.1) is 32.5 Å². The average Bonchev–Trinajstić information content (AvgIpc) is 3.08. The van der Waals surface area contributed by atoms with Gasteiger partial charge in [0.1, 0.15) is 19.9 Å². The smallest absolute Gasteiger partial charge is 0.394 e. The summed E-state index contributed by atoms with van der Waals surface area (Å²) in [5, 5.41) is 11.5. The van der Waals surface area contributed by atoms with E-state index in [1.807, 2.05) is 13.8 Å². The fourth-order valence-corrected chi connectivity index (χ4v) is 7.98. The molecule has 16 nitrogen and oxygen atoms in total. The molecule has 0 radical (unpaired) electrons. The van der Waals surface area contributed by atoms with Crippen LogP contribution in [0.15, 0.2) is 0 Å². The lowest BCUT2D eigenvalue weighted by atomic mass is 9.96. The van der Waals surface area contributed by atoms with Gasteiger partial charge in [0, 0.05) is 23.7 Å². The second kappa shape index (κ2) is 16.1. The topological polar surface area (TPSA) is 237 Å². The van der Waals surface area contributed by atoms with Crippen LogP contribution in [0, 0.1) is 0 Å². The lowest BCUT2D eigenvalue weighted by molar-refractivity contribution is -0.122. The van der Waals surface area contributed by atoms with Gasteiger partial charge in [-0.05, 0) is 20.3 Å². The highest BCUT2D eigenvalue weighted by Gasteiger charge is 2.42. The zero-order valence-corrected chi connectivity index (χ0v) is 24.7. The first-order valence-corrected chi connectivity index (χ1v) is 17.6. The van der Waals surface area contributed by atoms with Gasteiger partial charge in [0.2, 0.25) is 5.91 Å². The molecule has 0 spiro atoms. The number of phosphoric acid groups is 3. The van der Waals surface area contributed by atoms with E-state index in [0.717, 1.165) is 0 Å². The third kappa shape index (κ3) is 17.0. The van der Waals surface area contributed by atoms with E-state index in [2.05, 4.69) is 18.5 Å². The minimum atomic E-state index is -5.60. The summed E-state index contributed by atoms with van der Waals surface area (Å²) in [7, 11) is -11.8. The predicted molar refractivity (Wildman–Crippen MR) is 136 cm³/mol. The van der Waals surface area contributed by atoms with Crippen molar-refractivity contribution in [1.29, 1.82) is 0 Å². The fraction of sp³-hybridized carbons (Fsp3) is 0.933. The number of phosphoric ester groups is 1. The third-order valence-electron chi connectivity index (χ3n) is 4.24. The Balaban J connectivity index is 2.42. The highest BCUT2D eigenvalue weighted by atomic mass is 33.1. The summed E-state index contributed by atoms with van der Waals surface area (Å²) < 4.78 is 62.1. The lowest BCUT2D eigenvalue weighted by Crippen LogP contribution is -2.36. The Labute approximate surface area is 223 Å². The lowest BCUT2D eigenvalue weighted by Gasteiger charge is -2.24. The normalized spacial score (nSPS) is 23.9. The number of carbonyl (C=O) groups is 1. The zero-order chi connectivity index (χ0) is 28.3. The quantitative estimate of drug-likeness (QED) is 0.0363. The van der Waals surface area contributed by atoms with E-state index in [-0.39, 0.29) is 48.8 Å². The Kier molecular flexibility index (Phi) is 15.4. The molecule has 1 heterocycles. The molecule has 1 amide bonds. The molecule has 1 aliphatic rings. The van der Waals surface area contributed by atoms with Crippen LogP contribution in [0.3, 0.4) is 0 Å². The molecule has 3 unspecified atom stereocenters. The van der Waals surface area contributed by atoms with E-state index in [1.54, 1.807) is 7.85 Å². The third-order valence-corrected chi connectivity index (χ3v) is 11.0. The van der Waals surface area contributed by atoms with Crippen LogP contribution >= 0.6 is 45.1 Å². The summed E-state index contributed by atoms with van der Waals surface area (Å²) in [5.41, 5.74) is 0. The first kappa shape index (κ1) is 35.5. The summed E-state index contributed by atoms with van der Waals surface area (Å²) >= 11 is 0. The molecule has 0 aromatic carbocycles. The number of ether oxygens (including phenoxy) is 3. The van der Waals surface area contributed by atoms with Crippen molar-refractivity contribution in [1.82, 2.24) is 5.32 Å². The summed E-state index contributed by atoms with van der Waals surface area (Å²) in [5.74, 6) is 0.0209. The van der Waals surface area contributed by atoms with Gasteiger partial charge in [0.25, 0.3) is 0 Å². The largest absolute Gasteiger partial charge is 0.490 e. The number of aliphatic hydroxyl groups is 1. The molecule has 0 saturated carbocycles. The Morgan fingerprint density at radius 3 is 2.43 bits per heavy atom. The summed E-state index contributed by atoms with van der Waals surface area (Å²) in [4.78, 5) is 47.8. The minimum Gasteiger partial charge on any atom is -0.394 e. The monoisotopic (exact) mass is 635 g/mol. The van der Waals surface area contributed by atoms with Crippen molar-refractivity contribution in [3.63, 3.8) is 0 Å². The molecule has 1 fully saturated rings. The standard InChI is InChI=1S/C15H33BNO15P3S2/c1-15(2,9-17-14(19)3-5-27-6-4-18)37-36-10-28-11-7-13(16)30-12(11)8-29-34(23,24)32-35(25,26)31-33(20,21)22/h11-13,18H,3-10,16H2,1-2H3,(H,17,19)(H,23,24)(H,25,26)(H2,20,21,22)/t11-,12?,13-/m1/s1. The second-order valence-electron chi connectivity index (χ2n) is 8.25. The van der Waals surface area contributed by atoms with Gasteiger partial charge < -0.3 is 44.2 Å². The molecule has 218 valence electrons. The van der Waals surface area contributed by atoms with Crippen LogP contribution in [-0.4, -0.2) is 100 Å². The first-order chi connectivity index (χ1) is 16.9. The van der Waals surface area contributed by atoms with Crippen molar-refractivity contribution in [2.45, 2.75) is 49.6 Å². The number of nitrogens with one attached hydrogen (secondary N) is 1. The summed E-state index contributed by atoms with van der Waals surface area (Å²) in [6.45, 7) is 3.94. The molecule has 5 atom stereocenters. The SMILES string of the molecule is B[C@H]1C[C@@H](OCSSC(C)(C)CNC(=O)CCOCCO)C(COP(=O)(O)OP(=O)(O)OP(=O)(O)O)O1. The van der Waals surface area contributed by atoms with E-state index >= 15 is 0 Å². The highest BCUT2D eigenvalue weighted by molar-refractivity contribution is 8.77. The average molecular weight is 635 g/mol. The maximum Gasteiger partial charge on any atom is 0.490 e. The summed E-state index contributed by atoms with van der Waals surface area (Å²) in [6, 6.07) is -0.287. The fourth-order valence-electron chi connectivity index (χ4n) is 2.77. The van der Waals surface area contributed by atoms with Gasteiger partial charge in [-0.2, -0.15) is 8.62 Å². The number of rotatable bonds is 19. The number of hydrogen-bond donors (Lipinski definition) is 6. The number of amides is 1. The molecule has 0 bridgehead atoms. The number of carbonyl (C=O) groups excluding carboxylic acids is 1. The molecule has 1 aliphatic heterocycles. The van der Waals surface area contributed by atoms with Crippen LogP contribution in [0.4, 0.5) is 0 Å². The first-order valence-electron chi connectivity index (χ1n) is 10.7. The molecular weight excluding hydrogens is 602 g/mol. The molecule has 1 saturated heterocycles. The van der Waals surface area contributed by atoms with E-state index in [0.29, 0.717) is 13.0 Å². The van der Waals surface area contributed by atoms with Gasteiger partial charge >= 0.3 is 23.5 Å². The van der Waals surface area contributed by atoms with Gasteiger partial charge in [-0.1, -0.05) is 21.6 Å². The van der Waals surface area contributed by atoms with Crippen molar-refractivity contribution in [3.05, 3.63) is 0 Å². The Morgan fingerprint density at radius 1 is 1.14 bits per heavy atom. The highest BCUT2D eigenvalue weighted by Crippen LogP contribution is 2.66. The van der Waals surface area contributed by atoms with Crippen LogP contribution in [-0.2, 0) is 45.8 Å². The molecule has 1 rings (SSSR count). The maximum atomic E-state index is 11.9. The molecule has 6 N–H and O–H groups in total. The van der Waals surface area contributed by atoms with Crippen LogP contribution in [0.5, 0.6) is 0 Å². The Hall–Kier alpha value is 0.485. The van der Waals surface area contributed by atoms with Crippen molar-refractivity contribution in [3.8, 4) is 0 Å². The van der Waals surface area contributed by atoms with Crippen molar-refractivity contribution in [2.24, 2.45) is 0 Å². The number of aliphatic hydroxyl groups excluding tert-OH is 1. The van der Waals surface area contributed by atoms with Crippen molar-refractivity contribution < 1.29 is 70.5 Å². The molecule has 22 heteroatoms. The van der Waals surface area contributed by atoms with Crippen molar-refractivity contribution >= 4 is 58.8 Å². The van der Waals surface area contributed by atoms with Gasteiger partial charge in [-0.25, -0.2) is 13.7 Å². The second-order valence-corrected chi connectivity index (χ2v) is 15.6. The van der Waals surface area contributed by atoms with Gasteiger partial charge in [0.15, 0.2) is 0 Å². The number of hydrogen-bond acceptors (Lipinski definition) is 13. The minimum absolute atomic E-state index is 0.106. The van der Waals surface area contributed by atoms with Gasteiger partial charge in [-0.3, -0.25) is 9.32 Å². The molecule has 0 aliphatic carbocycles. The van der Waals surface area contributed by atoms with E-state index < -0.39 is 42.3 Å². The Morgan fingerprint density at radius 2 is 1.81 bits per heavy atom. The van der Waals surface area contributed by atoms with Crippen LogP contribution in [0.2, 0.25) is 0 Å². The molecule has 0 aromatic rings. The molecular formula is C15H33BNO15P3S2. The van der Waals surface area contributed by atoms with E-state index in [4.69, 9.17) is 29.1 Å². The Bertz CT molecular complexity index is 865. The van der Waals surface area contributed by atoms with Crippen LogP contribution in [0.1, 0.15) is 26.7 Å². The van der Waals surface area contributed by atoms with E-state index in [9.17, 15) is 28.3 Å². The molecule has 37 heavy (non-hydrogen) atoms. The zero-order valence-electron chi connectivity index (χ0n) is 20.4. The van der Waals surface area contributed by atoms with Crippen LogP contribution in [0.25, 0.3) is 0 Å². The predicted octanol–water partition coefficient (Wildman–Crippen LogP) is 0.0957. The maximum absolute atomic E-state index is 11.9. The summed E-state index contributed by atoms with van der Waals surface area (Å²) in [6.07, 6.45) is -0.797. The van der Waals surface area contributed by atoms with Crippen LogP contribution < -0.4 is 5.32 Å². The molecule has 0 aromatic heterocycles. The van der Waals surface area contributed by atoms with E-state index in [1.165, 1.54) is 21.6 Å². The van der Waals surface area contributed by atoms with Gasteiger partial charge in [-0.15, -0.1) is 0 Å². The van der Waals surface area contributed by atoms with Crippen molar-refractivity contribution in [2.75, 3.05) is 38.9 Å².